The maximum absolute atomic E-state index is 5.42. The Labute approximate surface area is 75.7 Å². The number of methoxy groups -OCH3 is 1. The Balaban J connectivity index is 2.66. The molecule has 1 aliphatic heterocycles. The lowest BCUT2D eigenvalue weighted by Gasteiger charge is -2.45. The van der Waals surface area contributed by atoms with Gasteiger partial charge in [0.2, 0.25) is 0 Å². The third-order valence-corrected chi connectivity index (χ3v) is 2.49. The molecule has 0 aromatic rings. The summed E-state index contributed by atoms with van der Waals surface area (Å²) in [6.45, 7) is 8.94. The van der Waals surface area contributed by atoms with Crippen LogP contribution in [0.5, 0.6) is 0 Å². The first-order valence-electron chi connectivity index (χ1n) is 4.67. The highest BCUT2D eigenvalue weighted by molar-refractivity contribution is 4.97. The van der Waals surface area contributed by atoms with Gasteiger partial charge in [0, 0.05) is 18.2 Å². The predicted molar refractivity (Wildman–Crippen MR) is 51.3 cm³/mol. The summed E-state index contributed by atoms with van der Waals surface area (Å²) in [4.78, 5) is 0. The molecule has 0 aliphatic carbocycles. The van der Waals surface area contributed by atoms with Crippen molar-refractivity contribution in [1.29, 1.82) is 0 Å². The van der Waals surface area contributed by atoms with Gasteiger partial charge >= 0.3 is 0 Å². The molecular formula is C10H21NO. The number of rotatable bonds is 1. The molecule has 0 amide bonds. The zero-order chi connectivity index (χ0) is 9.41. The van der Waals surface area contributed by atoms with Gasteiger partial charge in [-0.15, -0.1) is 0 Å². The first-order chi connectivity index (χ1) is 5.35. The minimum Gasteiger partial charge on any atom is -0.381 e. The van der Waals surface area contributed by atoms with E-state index in [1.165, 1.54) is 0 Å². The number of nitrogens with one attached hydrogen (secondary N) is 1. The van der Waals surface area contributed by atoms with Gasteiger partial charge in [0.05, 0.1) is 6.10 Å². The van der Waals surface area contributed by atoms with Crippen LogP contribution >= 0.6 is 0 Å². The summed E-state index contributed by atoms with van der Waals surface area (Å²) < 4.78 is 5.42. The lowest BCUT2D eigenvalue weighted by atomic mass is 9.81. The minimum absolute atomic E-state index is 0.211. The van der Waals surface area contributed by atoms with Gasteiger partial charge in [-0.25, -0.2) is 0 Å². The van der Waals surface area contributed by atoms with Crippen molar-refractivity contribution in [3.05, 3.63) is 0 Å². The van der Waals surface area contributed by atoms with Gasteiger partial charge in [-0.1, -0.05) is 0 Å². The number of hydrogen-bond acceptors (Lipinski definition) is 2. The van der Waals surface area contributed by atoms with Crippen molar-refractivity contribution in [1.82, 2.24) is 5.32 Å². The van der Waals surface area contributed by atoms with Crippen LogP contribution in [0.1, 0.15) is 40.5 Å². The van der Waals surface area contributed by atoms with E-state index in [0.717, 1.165) is 12.8 Å². The highest BCUT2D eigenvalue weighted by Crippen LogP contribution is 2.29. The number of ether oxygens (including phenoxy) is 1. The van der Waals surface area contributed by atoms with E-state index in [0.29, 0.717) is 6.10 Å². The van der Waals surface area contributed by atoms with E-state index in [-0.39, 0.29) is 11.1 Å². The molecule has 72 valence electrons. The Kier molecular flexibility index (Phi) is 2.50. The second-order valence-electron chi connectivity index (χ2n) is 5.16. The molecule has 1 aliphatic rings. The summed E-state index contributed by atoms with van der Waals surface area (Å²) in [6.07, 6.45) is 2.62. The Morgan fingerprint density at radius 3 is 1.83 bits per heavy atom. The molecule has 12 heavy (non-hydrogen) atoms. The average Bonchev–Trinajstić information content (AvgIpc) is 1.80. The van der Waals surface area contributed by atoms with Crippen molar-refractivity contribution in [2.75, 3.05) is 7.11 Å². The first kappa shape index (κ1) is 10.0. The van der Waals surface area contributed by atoms with Crippen LogP contribution in [-0.2, 0) is 4.74 Å². The zero-order valence-corrected chi connectivity index (χ0v) is 8.90. The van der Waals surface area contributed by atoms with Crippen LogP contribution in [0, 0.1) is 0 Å². The lowest BCUT2D eigenvalue weighted by molar-refractivity contribution is 0.00597. The normalized spacial score (nSPS) is 28.8. The van der Waals surface area contributed by atoms with Gasteiger partial charge in [-0.3, -0.25) is 0 Å². The highest BCUT2D eigenvalue weighted by Gasteiger charge is 2.37. The van der Waals surface area contributed by atoms with Gasteiger partial charge in [0.15, 0.2) is 0 Å². The van der Waals surface area contributed by atoms with Crippen LogP contribution in [0.3, 0.4) is 0 Å². The lowest BCUT2D eigenvalue weighted by Crippen LogP contribution is -2.59. The van der Waals surface area contributed by atoms with Crippen LogP contribution < -0.4 is 5.32 Å². The van der Waals surface area contributed by atoms with E-state index in [1.54, 1.807) is 0 Å². The summed E-state index contributed by atoms with van der Waals surface area (Å²) in [6, 6.07) is 0. The highest BCUT2D eigenvalue weighted by atomic mass is 16.5. The van der Waals surface area contributed by atoms with Crippen LogP contribution in [0.2, 0.25) is 0 Å². The second kappa shape index (κ2) is 3.00. The summed E-state index contributed by atoms with van der Waals surface area (Å²) in [7, 11) is 1.81. The molecule has 1 N–H and O–H groups in total. The van der Waals surface area contributed by atoms with Crippen LogP contribution in [0.4, 0.5) is 0 Å². The standard InChI is InChI=1S/C10H21NO/c1-9(2)6-8(12-5)7-10(3,4)11-9/h8,11H,6-7H2,1-5H3. The molecule has 1 rings (SSSR count). The molecule has 1 heterocycles. The molecule has 1 saturated heterocycles. The fourth-order valence-electron chi connectivity index (χ4n) is 2.40. The Morgan fingerprint density at radius 2 is 1.50 bits per heavy atom. The van der Waals surface area contributed by atoms with E-state index in [2.05, 4.69) is 33.0 Å². The molecule has 0 bridgehead atoms. The molecule has 1 fully saturated rings. The monoisotopic (exact) mass is 171 g/mol. The Morgan fingerprint density at radius 1 is 1.08 bits per heavy atom. The van der Waals surface area contributed by atoms with Crippen molar-refractivity contribution in [3.8, 4) is 0 Å². The molecular weight excluding hydrogens is 150 g/mol. The molecule has 0 aromatic heterocycles. The van der Waals surface area contributed by atoms with Crippen molar-refractivity contribution < 1.29 is 4.74 Å². The van der Waals surface area contributed by atoms with Gasteiger partial charge in [-0.2, -0.15) is 0 Å². The quantitative estimate of drug-likeness (QED) is 0.651. The van der Waals surface area contributed by atoms with E-state index < -0.39 is 0 Å². The SMILES string of the molecule is COC1CC(C)(C)NC(C)(C)C1. The van der Waals surface area contributed by atoms with Crippen molar-refractivity contribution in [3.63, 3.8) is 0 Å². The Bertz CT molecular complexity index is 147. The summed E-state index contributed by atoms with van der Waals surface area (Å²) in [5, 5.41) is 3.62. The number of hydrogen-bond donors (Lipinski definition) is 1. The van der Waals surface area contributed by atoms with Crippen LogP contribution in [0.25, 0.3) is 0 Å². The fourth-order valence-corrected chi connectivity index (χ4v) is 2.40. The van der Waals surface area contributed by atoms with Gasteiger partial charge in [0.25, 0.3) is 0 Å². The predicted octanol–water partition coefficient (Wildman–Crippen LogP) is 1.94. The second-order valence-corrected chi connectivity index (χ2v) is 5.16. The molecule has 0 aromatic carbocycles. The van der Waals surface area contributed by atoms with Gasteiger partial charge in [0.1, 0.15) is 0 Å². The molecule has 0 atom stereocenters. The smallest absolute Gasteiger partial charge is 0.0606 e. The van der Waals surface area contributed by atoms with Gasteiger partial charge < -0.3 is 10.1 Å². The third-order valence-electron chi connectivity index (χ3n) is 2.49. The van der Waals surface area contributed by atoms with Crippen LogP contribution in [0.15, 0.2) is 0 Å². The topological polar surface area (TPSA) is 21.3 Å². The minimum atomic E-state index is 0.211. The molecule has 0 radical (unpaired) electrons. The van der Waals surface area contributed by atoms with E-state index >= 15 is 0 Å². The number of piperidine rings is 1. The third kappa shape index (κ3) is 2.46. The first-order valence-corrected chi connectivity index (χ1v) is 4.67. The molecule has 0 saturated carbocycles. The molecule has 2 nitrogen and oxygen atoms in total. The van der Waals surface area contributed by atoms with E-state index in [1.807, 2.05) is 7.11 Å². The maximum atomic E-state index is 5.42. The summed E-state index contributed by atoms with van der Waals surface area (Å²) in [5.74, 6) is 0. The average molecular weight is 171 g/mol. The summed E-state index contributed by atoms with van der Waals surface area (Å²) in [5.41, 5.74) is 0.421. The van der Waals surface area contributed by atoms with Crippen molar-refractivity contribution in [2.45, 2.75) is 57.7 Å². The van der Waals surface area contributed by atoms with Gasteiger partial charge in [-0.05, 0) is 40.5 Å². The van der Waals surface area contributed by atoms with E-state index in [9.17, 15) is 0 Å². The van der Waals surface area contributed by atoms with Crippen LogP contribution in [-0.4, -0.2) is 24.3 Å². The van der Waals surface area contributed by atoms with Crippen molar-refractivity contribution in [2.24, 2.45) is 0 Å². The zero-order valence-electron chi connectivity index (χ0n) is 8.90. The molecule has 0 unspecified atom stereocenters. The molecule has 0 spiro atoms. The summed E-state index contributed by atoms with van der Waals surface area (Å²) >= 11 is 0. The van der Waals surface area contributed by atoms with E-state index in [4.69, 9.17) is 4.74 Å². The largest absolute Gasteiger partial charge is 0.381 e. The maximum Gasteiger partial charge on any atom is 0.0606 e. The fraction of sp³-hybridized carbons (Fsp3) is 1.00. The molecule has 2 heteroatoms. The Hall–Kier alpha value is -0.0800. The van der Waals surface area contributed by atoms with Crippen molar-refractivity contribution >= 4 is 0 Å².